The van der Waals surface area contributed by atoms with Crippen molar-refractivity contribution in [1.82, 2.24) is 0 Å². The summed E-state index contributed by atoms with van der Waals surface area (Å²) in [4.78, 5) is 0. The van der Waals surface area contributed by atoms with Crippen LogP contribution in [-0.4, -0.2) is 0 Å². The van der Waals surface area contributed by atoms with Crippen LogP contribution in [0.15, 0.2) is 0 Å². The van der Waals surface area contributed by atoms with Gasteiger partial charge in [0.05, 0.1) is 0 Å². The molecule has 2 radical (unpaired) electrons. The van der Waals surface area contributed by atoms with Crippen molar-refractivity contribution in [3.63, 3.8) is 0 Å². The molecule has 0 spiro atoms. The van der Waals surface area contributed by atoms with Gasteiger partial charge >= 0.3 is 0 Å². The molecule has 0 aliphatic carbocycles. The van der Waals surface area contributed by atoms with Crippen molar-refractivity contribution in [2.45, 2.75) is 13.3 Å². The van der Waals surface area contributed by atoms with E-state index in [1.807, 2.05) is 6.92 Å². The van der Waals surface area contributed by atoms with E-state index in [1.54, 1.807) is 6.54 Å². The maximum Gasteiger partial charge on any atom is 0.0220 e. The molecule has 6 heavy (non-hydrogen) atoms. The molecule has 1 nitrogen and oxygen atoms in total. The van der Waals surface area contributed by atoms with Gasteiger partial charge in [0.1, 0.15) is 0 Å². The first-order chi connectivity index (χ1) is 2.81. The Kier molecular flexibility index (Phi) is 3.14. The predicted octanol–water partition coefficient (Wildman–Crippen LogP) is 0.967. The van der Waals surface area contributed by atoms with E-state index in [-0.39, 0.29) is 0 Å². The van der Waals surface area contributed by atoms with Crippen LogP contribution in [0.3, 0.4) is 0 Å². The summed E-state index contributed by atoms with van der Waals surface area (Å²) in [6, 6.07) is 0. The van der Waals surface area contributed by atoms with E-state index in [9.17, 15) is 0 Å². The molecule has 2 N–H and O–H groups in total. The van der Waals surface area contributed by atoms with Crippen molar-refractivity contribution < 1.29 is 0 Å². The number of rotatable bonds is 2. The van der Waals surface area contributed by atoms with E-state index < -0.39 is 0 Å². The Bertz CT molecular complexity index is 23.1. The van der Waals surface area contributed by atoms with E-state index in [4.69, 9.17) is 5.73 Å². The van der Waals surface area contributed by atoms with Gasteiger partial charge in [-0.3, -0.25) is 0 Å². The number of nitrogens with two attached hydrogens (primary N) is 1. The third kappa shape index (κ3) is 2.21. The molecule has 1 atom stereocenters. The van der Waals surface area contributed by atoms with Crippen LogP contribution in [0.5, 0.6) is 0 Å². The van der Waals surface area contributed by atoms with E-state index in [0.29, 0.717) is 5.92 Å². The van der Waals surface area contributed by atoms with Crippen molar-refractivity contribution in [2.24, 2.45) is 11.7 Å². The monoisotopic (exact) mass is 85.1 g/mol. The second kappa shape index (κ2) is 3.16. The standard InChI is InChI=1S/C5H11N/c1-3-5(2)4-6/h4-5H,1,3,6H2,2H3. The minimum absolute atomic E-state index is 0.477. The lowest BCUT2D eigenvalue weighted by Crippen LogP contribution is -2.00. The summed E-state index contributed by atoms with van der Waals surface area (Å²) in [5.41, 5.74) is 5.12. The van der Waals surface area contributed by atoms with Crippen LogP contribution in [0.1, 0.15) is 13.3 Å². The number of hydrogen-bond acceptors (Lipinski definition) is 1. The van der Waals surface area contributed by atoms with Crippen molar-refractivity contribution in [1.29, 1.82) is 0 Å². The Morgan fingerprint density at radius 2 is 2.50 bits per heavy atom. The van der Waals surface area contributed by atoms with Gasteiger partial charge in [0.25, 0.3) is 0 Å². The molecule has 0 aromatic carbocycles. The largest absolute Gasteiger partial charge is 0.326 e. The van der Waals surface area contributed by atoms with E-state index >= 15 is 0 Å². The molecular weight excluding hydrogens is 74.1 g/mol. The average Bonchev–Trinajstić information content (AvgIpc) is 1.65. The summed E-state index contributed by atoms with van der Waals surface area (Å²) in [6.07, 6.45) is 0.899. The Labute approximate surface area is 39.5 Å². The zero-order chi connectivity index (χ0) is 4.99. The third-order valence-corrected chi connectivity index (χ3v) is 0.784. The molecular formula is C5H11N. The fourth-order valence-corrected chi connectivity index (χ4v) is 0.0962. The molecule has 1 unspecified atom stereocenters. The molecule has 0 fully saturated rings. The molecule has 36 valence electrons. The van der Waals surface area contributed by atoms with Gasteiger partial charge in [-0.25, -0.2) is 0 Å². The van der Waals surface area contributed by atoms with E-state index in [1.165, 1.54) is 0 Å². The molecule has 0 aliphatic rings. The molecule has 0 rings (SSSR count). The van der Waals surface area contributed by atoms with Gasteiger partial charge in [-0.05, 0) is 12.3 Å². The van der Waals surface area contributed by atoms with Crippen molar-refractivity contribution in [3.05, 3.63) is 13.5 Å². The molecule has 0 bridgehead atoms. The topological polar surface area (TPSA) is 26.0 Å². The Balaban J connectivity index is 2.75. The van der Waals surface area contributed by atoms with Gasteiger partial charge in [0.2, 0.25) is 0 Å². The van der Waals surface area contributed by atoms with Gasteiger partial charge in [0.15, 0.2) is 0 Å². The van der Waals surface area contributed by atoms with Crippen molar-refractivity contribution in [2.75, 3.05) is 0 Å². The summed E-state index contributed by atoms with van der Waals surface area (Å²) in [7, 11) is 0. The van der Waals surface area contributed by atoms with Crippen molar-refractivity contribution in [3.8, 4) is 0 Å². The zero-order valence-corrected chi connectivity index (χ0v) is 4.15. The van der Waals surface area contributed by atoms with Crippen LogP contribution >= 0.6 is 0 Å². The van der Waals surface area contributed by atoms with Gasteiger partial charge in [-0.1, -0.05) is 13.8 Å². The van der Waals surface area contributed by atoms with Crippen LogP contribution in [0.4, 0.5) is 0 Å². The van der Waals surface area contributed by atoms with Gasteiger partial charge in [-0.15, -0.1) is 0 Å². The molecule has 0 aromatic rings. The molecule has 0 saturated carbocycles. The van der Waals surface area contributed by atoms with Gasteiger partial charge in [-0.2, -0.15) is 0 Å². The Morgan fingerprint density at radius 1 is 2.00 bits per heavy atom. The minimum atomic E-state index is 0.477. The first-order valence-electron chi connectivity index (χ1n) is 2.15. The third-order valence-electron chi connectivity index (χ3n) is 0.784. The summed E-state index contributed by atoms with van der Waals surface area (Å²) in [5, 5.41) is 0. The summed E-state index contributed by atoms with van der Waals surface area (Å²) >= 11 is 0. The highest BCUT2D eigenvalue weighted by molar-refractivity contribution is 4.64. The van der Waals surface area contributed by atoms with Crippen LogP contribution in [0, 0.1) is 19.4 Å². The molecule has 0 saturated heterocycles. The normalized spacial score (nSPS) is 14.5. The van der Waals surface area contributed by atoms with E-state index in [2.05, 4.69) is 6.92 Å². The summed E-state index contributed by atoms with van der Waals surface area (Å²) < 4.78 is 0. The Hall–Kier alpha value is -0.0400. The van der Waals surface area contributed by atoms with Gasteiger partial charge < -0.3 is 5.73 Å². The smallest absolute Gasteiger partial charge is 0.0220 e. The average molecular weight is 85.2 g/mol. The molecule has 0 amide bonds. The van der Waals surface area contributed by atoms with Crippen LogP contribution < -0.4 is 5.73 Å². The summed E-state index contributed by atoms with van der Waals surface area (Å²) in [5.74, 6) is 0.477. The second-order valence-corrected chi connectivity index (χ2v) is 1.46. The zero-order valence-electron chi connectivity index (χ0n) is 4.15. The van der Waals surface area contributed by atoms with Gasteiger partial charge in [0, 0.05) is 6.54 Å². The van der Waals surface area contributed by atoms with Crippen LogP contribution in [0.2, 0.25) is 0 Å². The summed E-state index contributed by atoms with van der Waals surface area (Å²) in [6.45, 7) is 7.34. The molecule has 0 aromatic heterocycles. The SMILES string of the molecule is [CH2]CC(C)[CH]N. The quantitative estimate of drug-likeness (QED) is 0.531. The highest BCUT2D eigenvalue weighted by Crippen LogP contribution is 1.97. The van der Waals surface area contributed by atoms with Crippen LogP contribution in [0.25, 0.3) is 0 Å². The first-order valence-corrected chi connectivity index (χ1v) is 2.15. The highest BCUT2D eigenvalue weighted by Gasteiger charge is 1.89. The number of hydrogen-bond donors (Lipinski definition) is 1. The molecule has 1 heteroatoms. The fraction of sp³-hybridized carbons (Fsp3) is 0.600. The fourth-order valence-electron chi connectivity index (χ4n) is 0.0962. The maximum atomic E-state index is 5.12. The predicted molar refractivity (Wildman–Crippen MR) is 27.6 cm³/mol. The first kappa shape index (κ1) is 5.96. The lowest BCUT2D eigenvalue weighted by atomic mass is 10.1. The molecule has 0 aliphatic heterocycles. The van der Waals surface area contributed by atoms with E-state index in [0.717, 1.165) is 6.42 Å². The molecule has 0 heterocycles. The highest BCUT2D eigenvalue weighted by atomic mass is 14.5. The second-order valence-electron chi connectivity index (χ2n) is 1.46. The lowest BCUT2D eigenvalue weighted by molar-refractivity contribution is 0.676. The van der Waals surface area contributed by atoms with Crippen molar-refractivity contribution >= 4 is 0 Å². The maximum absolute atomic E-state index is 5.12. The minimum Gasteiger partial charge on any atom is -0.326 e. The Morgan fingerprint density at radius 3 is 2.50 bits per heavy atom. The lowest BCUT2D eigenvalue weighted by Gasteiger charge is -1.98. The van der Waals surface area contributed by atoms with Crippen LogP contribution in [-0.2, 0) is 0 Å².